The van der Waals surface area contributed by atoms with Crippen LogP contribution in [-0.2, 0) is 16.0 Å². The number of hydrogen-bond donors (Lipinski definition) is 0. The number of carbonyl (C=O) groups excluding carboxylic acids is 1. The first-order chi connectivity index (χ1) is 8.02. The molecule has 1 rings (SSSR count). The van der Waals surface area contributed by atoms with E-state index in [1.54, 1.807) is 6.92 Å². The van der Waals surface area contributed by atoms with Gasteiger partial charge in [0.25, 0.3) is 0 Å². The van der Waals surface area contributed by atoms with Crippen LogP contribution in [-0.4, -0.2) is 5.97 Å². The molecule has 0 aromatic heterocycles. The molecule has 17 heavy (non-hydrogen) atoms. The second-order valence-electron chi connectivity index (χ2n) is 4.06. The quantitative estimate of drug-likeness (QED) is 0.585. The van der Waals surface area contributed by atoms with Crippen molar-refractivity contribution in [2.75, 3.05) is 0 Å². The summed E-state index contributed by atoms with van der Waals surface area (Å²) >= 11 is 5.81. The third kappa shape index (κ3) is 4.61. The SMILES string of the molecule is C=C(C)OC(=O)C(CC)Cc1ccc(Cl)cc1. The van der Waals surface area contributed by atoms with Crippen LogP contribution in [0.3, 0.4) is 0 Å². The van der Waals surface area contributed by atoms with E-state index in [1.165, 1.54) is 0 Å². The fourth-order valence-electron chi connectivity index (χ4n) is 1.55. The number of halogens is 1. The lowest BCUT2D eigenvalue weighted by atomic mass is 9.97. The molecule has 92 valence electrons. The first kappa shape index (κ1) is 13.8. The van der Waals surface area contributed by atoms with Crippen molar-refractivity contribution in [1.29, 1.82) is 0 Å². The minimum atomic E-state index is -0.213. The summed E-state index contributed by atoms with van der Waals surface area (Å²) in [5.41, 5.74) is 1.08. The van der Waals surface area contributed by atoms with E-state index in [0.29, 0.717) is 17.2 Å². The molecule has 0 fully saturated rings. The molecule has 0 saturated carbocycles. The lowest BCUT2D eigenvalue weighted by molar-refractivity contribution is -0.144. The van der Waals surface area contributed by atoms with E-state index in [2.05, 4.69) is 6.58 Å². The van der Waals surface area contributed by atoms with E-state index >= 15 is 0 Å². The number of carbonyl (C=O) groups is 1. The van der Waals surface area contributed by atoms with Gasteiger partial charge in [-0.3, -0.25) is 4.79 Å². The predicted octanol–water partition coefficient (Wildman–Crippen LogP) is 3.99. The zero-order chi connectivity index (χ0) is 12.8. The van der Waals surface area contributed by atoms with Gasteiger partial charge in [0.15, 0.2) is 0 Å². The van der Waals surface area contributed by atoms with Crippen molar-refractivity contribution >= 4 is 17.6 Å². The second-order valence-corrected chi connectivity index (χ2v) is 4.50. The van der Waals surface area contributed by atoms with Crippen LogP contribution in [0, 0.1) is 5.92 Å². The van der Waals surface area contributed by atoms with E-state index in [1.807, 2.05) is 31.2 Å². The zero-order valence-electron chi connectivity index (χ0n) is 10.2. The molecule has 1 atom stereocenters. The summed E-state index contributed by atoms with van der Waals surface area (Å²) in [6.07, 6.45) is 1.41. The van der Waals surface area contributed by atoms with E-state index < -0.39 is 0 Å². The van der Waals surface area contributed by atoms with E-state index in [9.17, 15) is 4.79 Å². The number of benzene rings is 1. The third-order valence-electron chi connectivity index (χ3n) is 2.50. The molecule has 2 nitrogen and oxygen atoms in total. The predicted molar refractivity (Wildman–Crippen MR) is 69.8 cm³/mol. The first-order valence-electron chi connectivity index (χ1n) is 5.64. The summed E-state index contributed by atoms with van der Waals surface area (Å²) in [6, 6.07) is 7.51. The molecule has 0 aliphatic heterocycles. The molecule has 1 aromatic rings. The summed E-state index contributed by atoms with van der Waals surface area (Å²) in [7, 11) is 0. The maximum absolute atomic E-state index is 11.7. The number of ether oxygens (including phenoxy) is 1. The van der Waals surface area contributed by atoms with Crippen LogP contribution in [0.2, 0.25) is 5.02 Å². The molecular formula is C14H17ClO2. The molecule has 0 saturated heterocycles. The van der Waals surface area contributed by atoms with Gasteiger partial charge in [-0.05, 0) is 37.5 Å². The Morgan fingerprint density at radius 3 is 2.47 bits per heavy atom. The van der Waals surface area contributed by atoms with Crippen molar-refractivity contribution in [3.8, 4) is 0 Å². The van der Waals surface area contributed by atoms with Crippen LogP contribution in [0.5, 0.6) is 0 Å². The second kappa shape index (κ2) is 6.45. The minimum absolute atomic E-state index is 0.132. The number of hydrogen-bond acceptors (Lipinski definition) is 2. The van der Waals surface area contributed by atoms with Gasteiger partial charge in [-0.15, -0.1) is 0 Å². The Labute approximate surface area is 107 Å². The van der Waals surface area contributed by atoms with E-state index in [4.69, 9.17) is 16.3 Å². The van der Waals surface area contributed by atoms with Crippen molar-refractivity contribution in [2.24, 2.45) is 5.92 Å². The Bertz CT molecular complexity index is 395. The lowest BCUT2D eigenvalue weighted by Gasteiger charge is -2.13. The van der Waals surface area contributed by atoms with Crippen LogP contribution in [0.1, 0.15) is 25.8 Å². The Kier molecular flexibility index (Phi) is 5.23. The van der Waals surface area contributed by atoms with Crippen molar-refractivity contribution in [1.82, 2.24) is 0 Å². The van der Waals surface area contributed by atoms with Gasteiger partial charge in [-0.1, -0.05) is 37.2 Å². The summed E-state index contributed by atoms with van der Waals surface area (Å²) in [5, 5.41) is 0.700. The van der Waals surface area contributed by atoms with Gasteiger partial charge in [0.1, 0.15) is 0 Å². The lowest BCUT2D eigenvalue weighted by Crippen LogP contribution is -2.18. The maximum atomic E-state index is 11.7. The summed E-state index contributed by atoms with van der Waals surface area (Å²) in [6.45, 7) is 7.22. The number of rotatable bonds is 5. The summed E-state index contributed by atoms with van der Waals surface area (Å²) in [5.74, 6) is 0.0902. The van der Waals surface area contributed by atoms with E-state index in [0.717, 1.165) is 12.0 Å². The highest BCUT2D eigenvalue weighted by Gasteiger charge is 2.18. The third-order valence-corrected chi connectivity index (χ3v) is 2.75. The molecule has 0 aliphatic rings. The molecule has 0 N–H and O–H groups in total. The van der Waals surface area contributed by atoms with Gasteiger partial charge in [-0.2, -0.15) is 0 Å². The maximum Gasteiger partial charge on any atom is 0.314 e. The van der Waals surface area contributed by atoms with Gasteiger partial charge in [-0.25, -0.2) is 0 Å². The Hall–Kier alpha value is -1.28. The summed E-state index contributed by atoms with van der Waals surface area (Å²) < 4.78 is 5.04. The van der Waals surface area contributed by atoms with Gasteiger partial charge >= 0.3 is 5.97 Å². The largest absolute Gasteiger partial charge is 0.432 e. The fourth-order valence-corrected chi connectivity index (χ4v) is 1.68. The normalized spacial score (nSPS) is 11.9. The van der Waals surface area contributed by atoms with Crippen LogP contribution >= 0.6 is 11.6 Å². The van der Waals surface area contributed by atoms with E-state index in [-0.39, 0.29) is 11.9 Å². The molecule has 1 aromatic carbocycles. The average molecular weight is 253 g/mol. The molecule has 0 radical (unpaired) electrons. The average Bonchev–Trinajstić information content (AvgIpc) is 2.27. The molecular weight excluding hydrogens is 236 g/mol. The fraction of sp³-hybridized carbons (Fsp3) is 0.357. The molecule has 1 unspecified atom stereocenters. The van der Waals surface area contributed by atoms with Crippen molar-refractivity contribution in [2.45, 2.75) is 26.7 Å². The van der Waals surface area contributed by atoms with Crippen molar-refractivity contribution in [3.05, 3.63) is 47.2 Å². The van der Waals surface area contributed by atoms with Gasteiger partial charge in [0, 0.05) is 5.02 Å². The van der Waals surface area contributed by atoms with Crippen LogP contribution in [0.25, 0.3) is 0 Å². The van der Waals surface area contributed by atoms with Crippen LogP contribution in [0.15, 0.2) is 36.6 Å². The highest BCUT2D eigenvalue weighted by Crippen LogP contribution is 2.17. The topological polar surface area (TPSA) is 26.3 Å². The van der Waals surface area contributed by atoms with Crippen LogP contribution < -0.4 is 0 Å². The van der Waals surface area contributed by atoms with Crippen molar-refractivity contribution in [3.63, 3.8) is 0 Å². The van der Waals surface area contributed by atoms with Gasteiger partial charge in [0.2, 0.25) is 0 Å². The van der Waals surface area contributed by atoms with Gasteiger partial charge < -0.3 is 4.74 Å². The smallest absolute Gasteiger partial charge is 0.314 e. The number of esters is 1. The monoisotopic (exact) mass is 252 g/mol. The highest BCUT2D eigenvalue weighted by atomic mass is 35.5. The zero-order valence-corrected chi connectivity index (χ0v) is 11.0. The molecule has 0 bridgehead atoms. The highest BCUT2D eigenvalue weighted by molar-refractivity contribution is 6.30. The molecule has 3 heteroatoms. The molecule has 0 spiro atoms. The first-order valence-corrected chi connectivity index (χ1v) is 6.02. The molecule has 0 amide bonds. The summed E-state index contributed by atoms with van der Waals surface area (Å²) in [4.78, 5) is 11.7. The van der Waals surface area contributed by atoms with Gasteiger partial charge in [0.05, 0.1) is 11.7 Å². The Morgan fingerprint density at radius 2 is 2.00 bits per heavy atom. The standard InChI is InChI=1S/C14H17ClO2/c1-4-12(14(16)17-10(2)3)9-11-5-7-13(15)8-6-11/h5-8,12H,2,4,9H2,1,3H3. The van der Waals surface area contributed by atoms with Crippen LogP contribution in [0.4, 0.5) is 0 Å². The number of allylic oxidation sites excluding steroid dienone is 1. The van der Waals surface area contributed by atoms with Crippen molar-refractivity contribution < 1.29 is 9.53 Å². The molecule has 0 aliphatic carbocycles. The molecule has 0 heterocycles. The minimum Gasteiger partial charge on any atom is -0.432 e. The Balaban J connectivity index is 2.66. The Morgan fingerprint density at radius 1 is 1.41 bits per heavy atom.